The van der Waals surface area contributed by atoms with E-state index >= 15 is 0 Å². The lowest BCUT2D eigenvalue weighted by molar-refractivity contribution is -0.129. The minimum Gasteiger partial charge on any atom is -0.386 e. The van der Waals surface area contributed by atoms with E-state index in [1.165, 1.54) is 0 Å². The summed E-state index contributed by atoms with van der Waals surface area (Å²) in [5.74, 6) is 0.428. The van der Waals surface area contributed by atoms with Crippen LogP contribution in [0.1, 0.15) is 38.5 Å². The molecule has 0 bridgehead atoms. The summed E-state index contributed by atoms with van der Waals surface area (Å²) in [6.07, 6.45) is 4.46. The average Bonchev–Trinajstić information content (AvgIpc) is 2.44. The molecule has 1 saturated heterocycles. The van der Waals surface area contributed by atoms with Gasteiger partial charge in [0.2, 0.25) is 11.8 Å². The maximum absolute atomic E-state index is 12.0. The number of nitrogens with two attached hydrogens (primary N) is 1. The summed E-state index contributed by atoms with van der Waals surface area (Å²) < 4.78 is 0. The summed E-state index contributed by atoms with van der Waals surface area (Å²) in [5, 5.41) is 5.63. The normalized spacial score (nSPS) is 22.1. The Labute approximate surface area is 124 Å². The van der Waals surface area contributed by atoms with Crippen LogP contribution < -0.4 is 16.4 Å². The monoisotopic (exact) mass is 302 g/mol. The molecule has 4 N–H and O–H groups in total. The third kappa shape index (κ3) is 6.75. The van der Waals surface area contributed by atoms with Crippen molar-refractivity contribution < 1.29 is 9.59 Å². The molecule has 1 fully saturated rings. The van der Waals surface area contributed by atoms with Gasteiger partial charge in [-0.2, -0.15) is 0 Å². The largest absolute Gasteiger partial charge is 0.386 e. The molecule has 0 aromatic rings. The molecule has 7 heteroatoms. The Kier molecular flexibility index (Phi) is 8.02. The predicted molar refractivity (Wildman–Crippen MR) is 79.9 cm³/mol. The maximum Gasteiger partial charge on any atom is 0.242 e. The fourth-order valence-electron chi connectivity index (χ4n) is 2.02. The molecular weight excluding hydrogens is 280 g/mol. The Morgan fingerprint density at radius 1 is 1.35 bits per heavy atom. The molecule has 6 nitrogen and oxygen atoms in total. The van der Waals surface area contributed by atoms with E-state index in [4.69, 9.17) is 17.3 Å². The lowest BCUT2D eigenvalue weighted by atomic mass is 10.1. The Morgan fingerprint density at radius 2 is 2.15 bits per heavy atom. The molecule has 20 heavy (non-hydrogen) atoms. The second-order valence-corrected chi connectivity index (χ2v) is 5.14. The summed E-state index contributed by atoms with van der Waals surface area (Å²) >= 11 is 5.52. The number of alkyl halides is 1. The van der Waals surface area contributed by atoms with Crippen LogP contribution in [0.3, 0.4) is 0 Å². The van der Waals surface area contributed by atoms with Crippen LogP contribution in [0.15, 0.2) is 4.99 Å². The molecule has 0 unspecified atom stereocenters. The van der Waals surface area contributed by atoms with Gasteiger partial charge in [-0.05, 0) is 25.7 Å². The van der Waals surface area contributed by atoms with Crippen LogP contribution in [-0.4, -0.2) is 42.7 Å². The van der Waals surface area contributed by atoms with Crippen molar-refractivity contribution in [2.45, 2.75) is 44.6 Å². The number of rotatable bonds is 5. The summed E-state index contributed by atoms with van der Waals surface area (Å²) in [5.41, 5.74) is 5.49. The van der Waals surface area contributed by atoms with Crippen molar-refractivity contribution >= 4 is 29.3 Å². The maximum atomic E-state index is 12.0. The lowest BCUT2D eigenvalue weighted by Crippen LogP contribution is -2.47. The number of amides is 2. The van der Waals surface area contributed by atoms with Crippen molar-refractivity contribution in [1.29, 1.82) is 0 Å². The van der Waals surface area contributed by atoms with E-state index in [2.05, 4.69) is 15.6 Å². The number of halogens is 1. The Bertz CT molecular complexity index is 360. The zero-order valence-electron chi connectivity index (χ0n) is 11.7. The van der Waals surface area contributed by atoms with Crippen LogP contribution in [0, 0.1) is 0 Å². The average molecular weight is 303 g/mol. The summed E-state index contributed by atoms with van der Waals surface area (Å²) in [4.78, 5) is 27.7. The molecule has 2 amide bonds. The van der Waals surface area contributed by atoms with E-state index in [-0.39, 0.29) is 17.7 Å². The molecular formula is C13H23ClN4O2. The van der Waals surface area contributed by atoms with Crippen molar-refractivity contribution in [3.8, 4) is 0 Å². The fraction of sp³-hybridized carbons (Fsp3) is 0.769. The first-order valence-corrected chi connectivity index (χ1v) is 7.58. The molecule has 1 heterocycles. The SMILES string of the molecule is NC(CCl)=NCCC[C@@H]1NC(=O)CCCCCNC1=O. The van der Waals surface area contributed by atoms with Crippen molar-refractivity contribution in [1.82, 2.24) is 10.6 Å². The van der Waals surface area contributed by atoms with Gasteiger partial charge >= 0.3 is 0 Å². The van der Waals surface area contributed by atoms with Crippen LogP contribution in [0.4, 0.5) is 0 Å². The minimum absolute atomic E-state index is 0.0594. The quantitative estimate of drug-likeness (QED) is 0.299. The molecule has 1 atom stereocenters. The third-order valence-electron chi connectivity index (χ3n) is 3.13. The Morgan fingerprint density at radius 3 is 2.90 bits per heavy atom. The molecule has 1 aliphatic heterocycles. The molecule has 0 spiro atoms. The highest BCUT2D eigenvalue weighted by Gasteiger charge is 2.20. The lowest BCUT2D eigenvalue weighted by Gasteiger charge is -2.19. The van der Waals surface area contributed by atoms with Crippen LogP contribution >= 0.6 is 11.6 Å². The Balaban J connectivity index is 2.44. The molecule has 114 valence electrons. The summed E-state index contributed by atoms with van der Waals surface area (Å²) in [6, 6.07) is -0.479. The fourth-order valence-corrected chi connectivity index (χ4v) is 2.10. The molecule has 1 aliphatic rings. The van der Waals surface area contributed by atoms with Crippen molar-refractivity contribution in [3.63, 3.8) is 0 Å². The van der Waals surface area contributed by atoms with Gasteiger partial charge < -0.3 is 16.4 Å². The van der Waals surface area contributed by atoms with E-state index in [1.54, 1.807) is 0 Å². The van der Waals surface area contributed by atoms with Crippen LogP contribution in [0.5, 0.6) is 0 Å². The van der Waals surface area contributed by atoms with E-state index in [9.17, 15) is 9.59 Å². The molecule has 0 aromatic carbocycles. The van der Waals surface area contributed by atoms with Gasteiger partial charge in [0.25, 0.3) is 0 Å². The van der Waals surface area contributed by atoms with Crippen molar-refractivity contribution in [3.05, 3.63) is 0 Å². The standard InChI is InChI=1S/C13H23ClN4O2/c14-9-11(15)16-8-4-5-10-13(20)17-7-3-1-2-6-12(19)18-10/h10H,1-9H2,(H2,15,16)(H,17,20)(H,18,19)/t10-/m0/s1. The number of carbonyl (C=O) groups is 2. The minimum atomic E-state index is -0.479. The number of hydrogen-bond donors (Lipinski definition) is 3. The van der Waals surface area contributed by atoms with Crippen LogP contribution in [-0.2, 0) is 9.59 Å². The van der Waals surface area contributed by atoms with Gasteiger partial charge in [-0.1, -0.05) is 6.42 Å². The van der Waals surface area contributed by atoms with E-state index in [1.807, 2.05) is 0 Å². The highest BCUT2D eigenvalue weighted by atomic mass is 35.5. The first kappa shape index (κ1) is 16.8. The van der Waals surface area contributed by atoms with Crippen molar-refractivity contribution in [2.24, 2.45) is 10.7 Å². The number of aliphatic imine (C=N–C) groups is 1. The number of carbonyl (C=O) groups excluding carboxylic acids is 2. The molecule has 1 rings (SSSR count). The molecule has 0 aliphatic carbocycles. The smallest absolute Gasteiger partial charge is 0.242 e. The van der Waals surface area contributed by atoms with Crippen molar-refractivity contribution in [2.75, 3.05) is 19.0 Å². The molecule has 0 saturated carbocycles. The Hall–Kier alpha value is -1.30. The molecule has 0 aromatic heterocycles. The number of nitrogens with zero attached hydrogens (tertiary/aromatic N) is 1. The highest BCUT2D eigenvalue weighted by molar-refractivity contribution is 6.27. The topological polar surface area (TPSA) is 96.6 Å². The second kappa shape index (κ2) is 9.58. The van der Waals surface area contributed by atoms with E-state index in [0.29, 0.717) is 38.2 Å². The third-order valence-corrected chi connectivity index (χ3v) is 3.41. The van der Waals surface area contributed by atoms with Gasteiger partial charge in [0.15, 0.2) is 0 Å². The van der Waals surface area contributed by atoms with E-state index in [0.717, 1.165) is 19.3 Å². The van der Waals surface area contributed by atoms with Gasteiger partial charge in [0, 0.05) is 19.5 Å². The van der Waals surface area contributed by atoms with Gasteiger partial charge in [-0.15, -0.1) is 11.6 Å². The second-order valence-electron chi connectivity index (χ2n) is 4.87. The number of nitrogens with one attached hydrogen (secondary N) is 2. The first-order chi connectivity index (χ1) is 9.63. The van der Waals surface area contributed by atoms with Crippen LogP contribution in [0.2, 0.25) is 0 Å². The first-order valence-electron chi connectivity index (χ1n) is 7.05. The number of amidine groups is 1. The highest BCUT2D eigenvalue weighted by Crippen LogP contribution is 2.05. The number of hydrogen-bond acceptors (Lipinski definition) is 3. The summed E-state index contributed by atoms with van der Waals surface area (Å²) in [6.45, 7) is 1.18. The van der Waals surface area contributed by atoms with Gasteiger partial charge in [0.1, 0.15) is 11.9 Å². The molecule has 0 radical (unpaired) electrons. The van der Waals surface area contributed by atoms with Gasteiger partial charge in [0.05, 0.1) is 5.88 Å². The summed E-state index contributed by atoms with van der Waals surface area (Å²) in [7, 11) is 0. The van der Waals surface area contributed by atoms with Crippen LogP contribution in [0.25, 0.3) is 0 Å². The van der Waals surface area contributed by atoms with E-state index < -0.39 is 6.04 Å². The van der Waals surface area contributed by atoms with Gasteiger partial charge in [-0.3, -0.25) is 14.6 Å². The zero-order chi connectivity index (χ0) is 14.8. The van der Waals surface area contributed by atoms with Gasteiger partial charge in [-0.25, -0.2) is 0 Å². The zero-order valence-corrected chi connectivity index (χ0v) is 12.4. The predicted octanol–water partition coefficient (Wildman–Crippen LogP) is 0.538.